The first-order valence-electron chi connectivity index (χ1n) is 22.7. The predicted octanol–water partition coefficient (Wildman–Crippen LogP) is 11.6. The smallest absolute Gasteiger partial charge is 0.407 e. The Balaban J connectivity index is 0.00000266. The lowest BCUT2D eigenvalue weighted by atomic mass is 9.77. The van der Waals surface area contributed by atoms with Gasteiger partial charge >= 0.3 is 12.2 Å². The maximum Gasteiger partial charge on any atom is 0.407 e. The minimum absolute atomic E-state index is 0. The fourth-order valence-electron chi connectivity index (χ4n) is 8.60. The Bertz CT molecular complexity index is 2640. The third-order valence-electron chi connectivity index (χ3n) is 11.5. The fourth-order valence-corrected chi connectivity index (χ4v) is 8.60. The van der Waals surface area contributed by atoms with E-state index in [4.69, 9.17) is 29.5 Å². The molecule has 13 heteroatoms. The van der Waals surface area contributed by atoms with Crippen molar-refractivity contribution < 1.29 is 24.8 Å². The van der Waals surface area contributed by atoms with E-state index >= 15 is 0 Å². The van der Waals surface area contributed by atoms with Crippen LogP contribution in [-0.2, 0) is 15.0 Å². The average Bonchev–Trinajstić information content (AvgIpc) is 3.68. The number of carbonyl (C=O) groups excluding carboxylic acids is 2. The Labute approximate surface area is 392 Å². The molecule has 66 heavy (non-hydrogen) atoms. The molecule has 0 saturated heterocycles. The number of rotatable bonds is 13. The van der Waals surface area contributed by atoms with Gasteiger partial charge in [-0.05, 0) is 102 Å². The van der Waals surface area contributed by atoms with Crippen LogP contribution < -0.4 is 21.3 Å². The number of carbonyl (C=O) groups is 2. The highest BCUT2D eigenvalue weighted by Crippen LogP contribution is 2.43. The van der Waals surface area contributed by atoms with Crippen molar-refractivity contribution in [1.29, 1.82) is 0 Å². The monoisotopic (exact) mass is 894 g/mol. The van der Waals surface area contributed by atoms with Gasteiger partial charge in [0.2, 0.25) is 5.95 Å². The average molecular weight is 894 g/mol. The highest BCUT2D eigenvalue weighted by molar-refractivity contribution is 5.91. The molecular weight excluding hydrogens is 827 g/mol. The van der Waals surface area contributed by atoms with Crippen molar-refractivity contribution in [3.8, 4) is 11.4 Å². The van der Waals surface area contributed by atoms with Gasteiger partial charge in [0.1, 0.15) is 28.3 Å². The van der Waals surface area contributed by atoms with E-state index in [-0.39, 0.29) is 30.4 Å². The molecule has 1 atom stereocenters. The molecule has 2 amide bonds. The molecule has 3 aromatic heterocycles. The summed E-state index contributed by atoms with van der Waals surface area (Å²) in [7, 11) is 0. The molecule has 0 radical (unpaired) electrons. The molecule has 7 aromatic rings. The topological polar surface area (TPSA) is 157 Å². The van der Waals surface area contributed by atoms with Gasteiger partial charge < -0.3 is 30.7 Å². The van der Waals surface area contributed by atoms with Gasteiger partial charge in [-0.25, -0.2) is 24.2 Å². The van der Waals surface area contributed by atoms with Crippen molar-refractivity contribution in [1.82, 2.24) is 35.4 Å². The van der Waals surface area contributed by atoms with Gasteiger partial charge in [0, 0.05) is 30.5 Å². The quantitative estimate of drug-likeness (QED) is 0.0821. The first-order valence-corrected chi connectivity index (χ1v) is 22.7. The maximum absolute atomic E-state index is 12.8. The number of amides is 2. The number of pyridine rings is 1. The van der Waals surface area contributed by atoms with Gasteiger partial charge in [0.05, 0.1) is 17.1 Å². The van der Waals surface area contributed by atoms with Crippen LogP contribution in [0.15, 0.2) is 146 Å². The lowest BCUT2D eigenvalue weighted by Crippen LogP contribution is -2.42. The van der Waals surface area contributed by atoms with Crippen LogP contribution >= 0.6 is 0 Å². The highest BCUT2D eigenvalue weighted by atomic mass is 16.6. The van der Waals surface area contributed by atoms with Gasteiger partial charge in [-0.1, -0.05) is 127 Å². The van der Waals surface area contributed by atoms with Crippen LogP contribution in [-0.4, -0.2) is 66.7 Å². The van der Waals surface area contributed by atoms with E-state index in [0.29, 0.717) is 34.2 Å². The molecule has 1 unspecified atom stereocenters. The number of anilines is 2. The zero-order chi connectivity index (χ0) is 46.3. The number of aromatic nitrogens is 5. The summed E-state index contributed by atoms with van der Waals surface area (Å²) in [5.41, 5.74) is 3.59. The Morgan fingerprint density at radius 2 is 1.20 bits per heavy atom. The van der Waals surface area contributed by atoms with E-state index in [1.807, 2.05) is 119 Å². The van der Waals surface area contributed by atoms with E-state index < -0.39 is 28.9 Å². The van der Waals surface area contributed by atoms with E-state index in [9.17, 15) is 9.59 Å². The van der Waals surface area contributed by atoms with Crippen LogP contribution in [0.3, 0.4) is 0 Å². The van der Waals surface area contributed by atoms with Gasteiger partial charge in [-0.15, -0.1) is 0 Å². The minimum Gasteiger partial charge on any atom is -0.444 e. The van der Waals surface area contributed by atoms with Crippen molar-refractivity contribution in [2.24, 2.45) is 0 Å². The van der Waals surface area contributed by atoms with Gasteiger partial charge in [0.25, 0.3) is 0 Å². The van der Waals surface area contributed by atoms with Gasteiger partial charge in [-0.2, -0.15) is 10.1 Å². The third-order valence-corrected chi connectivity index (χ3v) is 11.5. The summed E-state index contributed by atoms with van der Waals surface area (Å²) in [6.45, 7) is 11.4. The first-order chi connectivity index (χ1) is 31.7. The number of ether oxygens (including phenoxy) is 2. The molecule has 1 fully saturated rings. The Kier molecular flexibility index (Phi) is 13.3. The van der Waals surface area contributed by atoms with Crippen molar-refractivity contribution in [2.45, 2.75) is 102 Å². The van der Waals surface area contributed by atoms with Crippen molar-refractivity contribution >= 4 is 35.0 Å². The number of fused-ring (bicyclic) bond motifs is 1. The maximum atomic E-state index is 12.8. The standard InChI is InChI=1S/C53H59N9O4.4H2/c1-51(2,3)65-49(63)55-35-44(36-20-11-7-12-21-36)59-45-29-19-28-43(58-45)46-42-34-54-48(56-40-30-32-41(33-31-40)57-50(64)66-52(4,5)6)60-47(42)62(61-46)53(37-22-13-8-14-23-37,38-24-15-9-16-25-38)39-26-17-10-18-27-39;;;;/h7-29,34,40-41,44H,30-33,35H2,1-6H3,(H,55,63)(H,57,64)(H,58,59)(H,54,56,60);4*1H. The fraction of sp³-hybridized carbons (Fsp3) is 0.321. The molecular formula is C53H67N9O4. The Morgan fingerprint density at radius 1 is 0.667 bits per heavy atom. The zero-order valence-electron chi connectivity index (χ0n) is 38.5. The lowest BCUT2D eigenvalue weighted by molar-refractivity contribution is 0.0488. The Morgan fingerprint density at radius 3 is 1.76 bits per heavy atom. The van der Waals surface area contributed by atoms with E-state index in [0.717, 1.165) is 47.9 Å². The molecule has 348 valence electrons. The number of nitrogens with zero attached hydrogens (tertiary/aromatic N) is 5. The number of benzene rings is 4. The zero-order valence-corrected chi connectivity index (χ0v) is 38.5. The van der Waals surface area contributed by atoms with E-state index in [1.165, 1.54) is 0 Å². The van der Waals surface area contributed by atoms with Crippen LogP contribution in [0.5, 0.6) is 0 Å². The number of hydrogen-bond donors (Lipinski definition) is 4. The molecule has 0 aliphatic heterocycles. The second-order valence-electron chi connectivity index (χ2n) is 18.7. The van der Waals surface area contributed by atoms with Gasteiger partial charge in [-0.3, -0.25) is 0 Å². The molecule has 1 aliphatic carbocycles. The van der Waals surface area contributed by atoms with Crippen LogP contribution in [0.25, 0.3) is 22.4 Å². The Hall–Kier alpha value is -7.28. The molecule has 1 aliphatic rings. The van der Waals surface area contributed by atoms with Crippen LogP contribution in [0, 0.1) is 0 Å². The van der Waals surface area contributed by atoms with Crippen molar-refractivity contribution in [3.63, 3.8) is 0 Å². The highest BCUT2D eigenvalue weighted by Gasteiger charge is 2.42. The van der Waals surface area contributed by atoms with Crippen molar-refractivity contribution in [3.05, 3.63) is 168 Å². The van der Waals surface area contributed by atoms with Crippen LogP contribution in [0.2, 0.25) is 0 Å². The molecule has 4 N–H and O–H groups in total. The summed E-state index contributed by atoms with van der Waals surface area (Å²) in [5.74, 6) is 1.07. The summed E-state index contributed by atoms with van der Waals surface area (Å²) >= 11 is 0. The normalized spacial score (nSPS) is 15.9. The number of alkyl carbamates (subject to hydrolysis) is 2. The van der Waals surface area contributed by atoms with Crippen molar-refractivity contribution in [2.75, 3.05) is 17.2 Å². The lowest BCUT2D eigenvalue weighted by Gasteiger charge is -2.36. The van der Waals surface area contributed by atoms with Gasteiger partial charge in [0.15, 0.2) is 5.65 Å². The summed E-state index contributed by atoms with van der Waals surface area (Å²) in [5, 5.41) is 19.5. The summed E-state index contributed by atoms with van der Waals surface area (Å²) < 4.78 is 13.1. The first kappa shape index (κ1) is 45.3. The molecule has 4 aromatic carbocycles. The van der Waals surface area contributed by atoms with Crippen LogP contribution in [0.1, 0.15) is 101 Å². The summed E-state index contributed by atoms with van der Waals surface area (Å²) in [6, 6.07) is 46.7. The molecule has 0 bridgehead atoms. The van der Waals surface area contributed by atoms with E-state index in [1.54, 1.807) is 0 Å². The largest absolute Gasteiger partial charge is 0.444 e. The molecule has 3 heterocycles. The summed E-state index contributed by atoms with van der Waals surface area (Å²) in [6.07, 6.45) is 4.16. The summed E-state index contributed by atoms with van der Waals surface area (Å²) in [4.78, 5) is 40.8. The predicted molar refractivity (Wildman–Crippen MR) is 268 cm³/mol. The SMILES string of the molecule is CC(C)(C)OC(=O)NCC(Nc1cccc(-c2nn(C(c3ccccc3)(c3ccccc3)c3ccccc3)c3nc(NC4CCC(NC(=O)OC(C)(C)C)CC4)ncc23)n1)c1ccccc1.[HH].[HH].[HH].[HH]. The van der Waals surface area contributed by atoms with E-state index in [2.05, 4.69) is 94.1 Å². The second kappa shape index (κ2) is 19.4. The molecule has 13 nitrogen and oxygen atoms in total. The minimum atomic E-state index is -0.987. The second-order valence-corrected chi connectivity index (χ2v) is 18.7. The molecule has 0 spiro atoms. The number of hydrogen-bond acceptors (Lipinski definition) is 10. The molecule has 1 saturated carbocycles. The number of nitrogens with one attached hydrogen (secondary N) is 4. The third kappa shape index (κ3) is 10.6. The molecule has 8 rings (SSSR count). The van der Waals surface area contributed by atoms with Crippen LogP contribution in [0.4, 0.5) is 21.4 Å².